The summed E-state index contributed by atoms with van der Waals surface area (Å²) in [5.74, 6) is -0.00109. The number of carbonyl (C=O) groups is 2. The zero-order valence-electron chi connectivity index (χ0n) is 17.4. The minimum absolute atomic E-state index is 0.00389. The van der Waals surface area contributed by atoms with E-state index in [9.17, 15) is 14.0 Å². The largest absolute Gasteiger partial charge is 0.352 e. The van der Waals surface area contributed by atoms with Gasteiger partial charge in [0.05, 0.1) is 5.75 Å². The molecular formula is C23H29FN2O2S. The average Bonchev–Trinajstić information content (AvgIpc) is 2.67. The Labute approximate surface area is 176 Å². The Balaban J connectivity index is 2.10. The summed E-state index contributed by atoms with van der Waals surface area (Å²) in [6.45, 7) is 7.88. The third-order valence-corrected chi connectivity index (χ3v) is 5.61. The normalized spacial score (nSPS) is 11.9. The van der Waals surface area contributed by atoms with E-state index < -0.39 is 6.04 Å². The van der Waals surface area contributed by atoms with Crippen LogP contribution in [0, 0.1) is 12.7 Å². The maximum atomic E-state index is 13.8. The molecule has 1 atom stereocenters. The molecule has 0 aliphatic rings. The third-order valence-electron chi connectivity index (χ3n) is 4.64. The van der Waals surface area contributed by atoms with Gasteiger partial charge in [-0.15, -0.1) is 11.8 Å². The predicted molar refractivity (Wildman–Crippen MR) is 117 cm³/mol. The van der Waals surface area contributed by atoms with Gasteiger partial charge in [-0.1, -0.05) is 42.5 Å². The zero-order chi connectivity index (χ0) is 21.4. The minimum atomic E-state index is -0.599. The van der Waals surface area contributed by atoms with Gasteiger partial charge in [-0.25, -0.2) is 4.39 Å². The van der Waals surface area contributed by atoms with Crippen LogP contribution in [0.5, 0.6) is 0 Å². The van der Waals surface area contributed by atoms with Crippen LogP contribution >= 0.6 is 11.8 Å². The Morgan fingerprint density at radius 3 is 2.28 bits per heavy atom. The summed E-state index contributed by atoms with van der Waals surface area (Å²) in [5.41, 5.74) is 2.64. The second-order valence-corrected chi connectivity index (χ2v) is 8.36. The highest BCUT2D eigenvalue weighted by Crippen LogP contribution is 2.19. The summed E-state index contributed by atoms with van der Waals surface area (Å²) in [4.78, 5) is 27.2. The van der Waals surface area contributed by atoms with E-state index in [4.69, 9.17) is 0 Å². The number of halogens is 1. The Morgan fingerprint density at radius 2 is 1.66 bits per heavy atom. The SMILES string of the molecule is Cc1ccccc1CN(C(=O)CSCc1ccccc1F)[C@H](C)C(=O)NC(C)C. The van der Waals surface area contributed by atoms with Gasteiger partial charge in [0.25, 0.3) is 0 Å². The average molecular weight is 417 g/mol. The van der Waals surface area contributed by atoms with E-state index in [1.807, 2.05) is 45.0 Å². The molecule has 29 heavy (non-hydrogen) atoms. The van der Waals surface area contributed by atoms with Crippen LogP contribution in [-0.4, -0.2) is 34.6 Å². The van der Waals surface area contributed by atoms with Crippen LogP contribution in [0.1, 0.15) is 37.5 Å². The Kier molecular flexibility index (Phi) is 8.70. The topological polar surface area (TPSA) is 49.4 Å². The molecule has 0 fully saturated rings. The van der Waals surface area contributed by atoms with Gasteiger partial charge in [-0.2, -0.15) is 0 Å². The number of carbonyl (C=O) groups excluding carboxylic acids is 2. The molecule has 0 spiro atoms. The Bertz CT molecular complexity index is 841. The van der Waals surface area contributed by atoms with Crippen molar-refractivity contribution < 1.29 is 14.0 Å². The zero-order valence-corrected chi connectivity index (χ0v) is 18.3. The van der Waals surface area contributed by atoms with Crippen molar-refractivity contribution >= 4 is 23.6 Å². The van der Waals surface area contributed by atoms with Crippen molar-refractivity contribution in [3.63, 3.8) is 0 Å². The summed E-state index contributed by atoms with van der Waals surface area (Å²) in [6, 6.07) is 13.8. The highest BCUT2D eigenvalue weighted by atomic mass is 32.2. The molecule has 0 saturated carbocycles. The molecule has 1 N–H and O–H groups in total. The number of nitrogens with zero attached hydrogens (tertiary/aromatic N) is 1. The third kappa shape index (κ3) is 6.89. The number of nitrogens with one attached hydrogen (secondary N) is 1. The standard InChI is InChI=1S/C23H29FN2O2S/c1-16(2)25-23(28)18(4)26(13-19-10-6-5-9-17(19)3)22(27)15-29-14-20-11-7-8-12-21(20)24/h5-12,16,18H,13-15H2,1-4H3,(H,25,28)/t18-/m1/s1. The van der Waals surface area contributed by atoms with Gasteiger partial charge in [-0.3, -0.25) is 9.59 Å². The van der Waals surface area contributed by atoms with Crippen molar-refractivity contribution in [1.82, 2.24) is 10.2 Å². The van der Waals surface area contributed by atoms with Crippen molar-refractivity contribution in [3.05, 3.63) is 71.0 Å². The van der Waals surface area contributed by atoms with Crippen molar-refractivity contribution in [2.24, 2.45) is 0 Å². The molecule has 2 rings (SSSR count). The molecule has 0 aromatic heterocycles. The molecule has 2 aromatic rings. The van der Waals surface area contributed by atoms with E-state index in [0.29, 0.717) is 17.9 Å². The second-order valence-electron chi connectivity index (χ2n) is 7.37. The van der Waals surface area contributed by atoms with Crippen LogP contribution < -0.4 is 5.32 Å². The van der Waals surface area contributed by atoms with E-state index in [-0.39, 0.29) is 29.4 Å². The minimum Gasteiger partial charge on any atom is -0.352 e. The van der Waals surface area contributed by atoms with E-state index in [1.54, 1.807) is 30.0 Å². The summed E-state index contributed by atoms with van der Waals surface area (Å²) < 4.78 is 13.8. The van der Waals surface area contributed by atoms with E-state index in [2.05, 4.69) is 5.32 Å². The molecule has 0 aliphatic carbocycles. The fourth-order valence-electron chi connectivity index (χ4n) is 2.91. The lowest BCUT2D eigenvalue weighted by molar-refractivity contribution is -0.138. The van der Waals surface area contributed by atoms with E-state index >= 15 is 0 Å². The molecule has 0 unspecified atom stereocenters. The number of benzene rings is 2. The number of hydrogen-bond acceptors (Lipinski definition) is 3. The van der Waals surface area contributed by atoms with Gasteiger partial charge >= 0.3 is 0 Å². The van der Waals surface area contributed by atoms with Crippen LogP contribution in [0.3, 0.4) is 0 Å². The van der Waals surface area contributed by atoms with Crippen LogP contribution in [0.15, 0.2) is 48.5 Å². The fourth-order valence-corrected chi connectivity index (χ4v) is 3.80. The van der Waals surface area contributed by atoms with Gasteiger partial charge in [0.15, 0.2) is 0 Å². The van der Waals surface area contributed by atoms with Crippen molar-refractivity contribution in [2.75, 3.05) is 5.75 Å². The highest BCUT2D eigenvalue weighted by Gasteiger charge is 2.26. The lowest BCUT2D eigenvalue weighted by atomic mass is 10.1. The first-order valence-corrected chi connectivity index (χ1v) is 10.9. The monoisotopic (exact) mass is 416 g/mol. The number of aryl methyl sites for hydroxylation is 1. The molecule has 156 valence electrons. The molecule has 0 aliphatic heterocycles. The first-order valence-electron chi connectivity index (χ1n) is 9.75. The van der Waals surface area contributed by atoms with Crippen LogP contribution in [-0.2, 0) is 21.9 Å². The quantitative estimate of drug-likeness (QED) is 0.663. The first-order chi connectivity index (χ1) is 13.8. The smallest absolute Gasteiger partial charge is 0.242 e. The maximum absolute atomic E-state index is 13.8. The maximum Gasteiger partial charge on any atom is 0.242 e. The number of thioether (sulfide) groups is 1. The van der Waals surface area contributed by atoms with Gasteiger partial charge in [0.2, 0.25) is 11.8 Å². The number of rotatable bonds is 9. The van der Waals surface area contributed by atoms with E-state index in [0.717, 1.165) is 11.1 Å². The summed E-state index contributed by atoms with van der Waals surface area (Å²) in [6.07, 6.45) is 0. The van der Waals surface area contributed by atoms with Gasteiger partial charge in [0, 0.05) is 18.3 Å². The van der Waals surface area contributed by atoms with Crippen molar-refractivity contribution in [1.29, 1.82) is 0 Å². The second kappa shape index (κ2) is 11.0. The van der Waals surface area contributed by atoms with Crippen LogP contribution in [0.2, 0.25) is 0 Å². The predicted octanol–water partition coefficient (Wildman–Crippen LogP) is 4.31. The highest BCUT2D eigenvalue weighted by molar-refractivity contribution is 7.99. The molecule has 0 bridgehead atoms. The van der Waals surface area contributed by atoms with Crippen molar-refractivity contribution in [2.45, 2.75) is 52.1 Å². The summed E-state index contributed by atoms with van der Waals surface area (Å²) in [5, 5.41) is 2.88. The lowest BCUT2D eigenvalue weighted by Gasteiger charge is -2.30. The Hall–Kier alpha value is -2.34. The van der Waals surface area contributed by atoms with Gasteiger partial charge in [0.1, 0.15) is 11.9 Å². The van der Waals surface area contributed by atoms with Crippen LogP contribution in [0.4, 0.5) is 4.39 Å². The summed E-state index contributed by atoms with van der Waals surface area (Å²) >= 11 is 1.35. The first kappa shape index (κ1) is 22.9. The van der Waals surface area contributed by atoms with Gasteiger partial charge < -0.3 is 10.2 Å². The van der Waals surface area contributed by atoms with Crippen molar-refractivity contribution in [3.8, 4) is 0 Å². The number of hydrogen-bond donors (Lipinski definition) is 1. The molecular weight excluding hydrogens is 387 g/mol. The molecule has 0 radical (unpaired) electrons. The summed E-state index contributed by atoms with van der Waals surface area (Å²) in [7, 11) is 0. The van der Waals surface area contributed by atoms with Gasteiger partial charge in [-0.05, 0) is 50.5 Å². The number of amides is 2. The molecule has 0 saturated heterocycles. The molecule has 6 heteroatoms. The molecule has 0 heterocycles. The van der Waals surface area contributed by atoms with Crippen LogP contribution in [0.25, 0.3) is 0 Å². The lowest BCUT2D eigenvalue weighted by Crippen LogP contribution is -2.49. The fraction of sp³-hybridized carbons (Fsp3) is 0.391. The molecule has 2 amide bonds. The Morgan fingerprint density at radius 1 is 1.03 bits per heavy atom. The molecule has 4 nitrogen and oxygen atoms in total. The van der Waals surface area contributed by atoms with E-state index in [1.165, 1.54) is 17.8 Å². The molecule has 2 aromatic carbocycles.